The van der Waals surface area contributed by atoms with Gasteiger partial charge >= 0.3 is 0 Å². The van der Waals surface area contributed by atoms with Gasteiger partial charge < -0.3 is 15.5 Å². The Morgan fingerprint density at radius 1 is 1.32 bits per heavy atom. The van der Waals surface area contributed by atoms with Crippen LogP contribution in [0, 0.1) is 0 Å². The zero-order valence-corrected chi connectivity index (χ0v) is 10.7. The molecule has 1 aromatic rings. The van der Waals surface area contributed by atoms with Crippen LogP contribution in [0.2, 0.25) is 0 Å². The van der Waals surface area contributed by atoms with Crippen LogP contribution in [0.15, 0.2) is 24.3 Å². The molecule has 0 spiro atoms. The number of carbonyl (C=O) groups is 2. The van der Waals surface area contributed by atoms with E-state index in [9.17, 15) is 9.59 Å². The molecule has 1 saturated heterocycles. The highest BCUT2D eigenvalue weighted by molar-refractivity contribution is 6.01. The van der Waals surface area contributed by atoms with Gasteiger partial charge in [-0.05, 0) is 18.1 Å². The second-order valence-corrected chi connectivity index (χ2v) is 4.95. The van der Waals surface area contributed by atoms with Crippen molar-refractivity contribution < 1.29 is 9.59 Å². The molecule has 0 aromatic heterocycles. The van der Waals surface area contributed by atoms with Gasteiger partial charge in [-0.15, -0.1) is 0 Å². The van der Waals surface area contributed by atoms with Gasteiger partial charge in [0.05, 0.1) is 0 Å². The number of nitrogens with zero attached hydrogens (tertiary/aromatic N) is 1. The summed E-state index contributed by atoms with van der Waals surface area (Å²) < 4.78 is 0. The summed E-state index contributed by atoms with van der Waals surface area (Å²) in [4.78, 5) is 25.6. The third kappa shape index (κ3) is 2.33. The molecule has 2 N–H and O–H groups in total. The van der Waals surface area contributed by atoms with Crippen molar-refractivity contribution in [2.75, 3.05) is 18.0 Å². The van der Waals surface area contributed by atoms with Crippen LogP contribution in [-0.4, -0.2) is 30.9 Å². The van der Waals surface area contributed by atoms with E-state index in [4.69, 9.17) is 0 Å². The molecule has 0 unspecified atom stereocenters. The van der Waals surface area contributed by atoms with E-state index < -0.39 is 0 Å². The standard InChI is InChI=1S/C14H17N3O2/c18-13-6-5-11(16-13)14(19)17-8-7-15-9-10-3-1-2-4-12(10)17/h1-4,11,15H,5-9H2,(H,16,18)/t11-/m1/s1. The van der Waals surface area contributed by atoms with Crippen molar-refractivity contribution >= 4 is 17.5 Å². The minimum Gasteiger partial charge on any atom is -0.344 e. The lowest BCUT2D eigenvalue weighted by molar-refractivity contribution is -0.124. The first-order valence-corrected chi connectivity index (χ1v) is 6.65. The van der Waals surface area contributed by atoms with Crippen molar-refractivity contribution in [2.45, 2.75) is 25.4 Å². The normalized spacial score (nSPS) is 22.6. The number of rotatable bonds is 1. The predicted octanol–water partition coefficient (Wildman–Crippen LogP) is 0.401. The second kappa shape index (κ2) is 5.01. The maximum absolute atomic E-state index is 12.5. The molecule has 100 valence electrons. The van der Waals surface area contributed by atoms with Gasteiger partial charge in [0.1, 0.15) is 6.04 Å². The number of nitrogens with one attached hydrogen (secondary N) is 2. The Kier molecular flexibility index (Phi) is 3.21. The fourth-order valence-electron chi connectivity index (χ4n) is 2.67. The van der Waals surface area contributed by atoms with E-state index in [1.165, 1.54) is 0 Å². The molecular weight excluding hydrogens is 242 g/mol. The molecule has 2 amide bonds. The van der Waals surface area contributed by atoms with Gasteiger partial charge in [-0.3, -0.25) is 9.59 Å². The summed E-state index contributed by atoms with van der Waals surface area (Å²) in [5.74, 6) is -0.0263. The van der Waals surface area contributed by atoms with E-state index in [1.54, 1.807) is 4.90 Å². The second-order valence-electron chi connectivity index (χ2n) is 4.95. The quantitative estimate of drug-likeness (QED) is 0.767. The Morgan fingerprint density at radius 2 is 2.16 bits per heavy atom. The van der Waals surface area contributed by atoms with Gasteiger partial charge in [-0.1, -0.05) is 18.2 Å². The first-order chi connectivity index (χ1) is 9.25. The molecule has 0 bridgehead atoms. The summed E-state index contributed by atoms with van der Waals surface area (Å²) in [5.41, 5.74) is 2.08. The number of para-hydroxylation sites is 1. The highest BCUT2D eigenvalue weighted by Crippen LogP contribution is 2.24. The minimum absolute atomic E-state index is 0.00185. The minimum atomic E-state index is -0.362. The SMILES string of the molecule is O=C1CC[C@H](C(=O)N2CCNCc3ccccc32)N1. The molecule has 1 fully saturated rings. The third-order valence-corrected chi connectivity index (χ3v) is 3.67. The Morgan fingerprint density at radius 3 is 2.95 bits per heavy atom. The smallest absolute Gasteiger partial charge is 0.249 e. The Balaban J connectivity index is 1.87. The lowest BCUT2D eigenvalue weighted by Gasteiger charge is -2.25. The molecule has 2 heterocycles. The van der Waals surface area contributed by atoms with Crippen molar-refractivity contribution in [2.24, 2.45) is 0 Å². The van der Waals surface area contributed by atoms with Crippen LogP contribution in [0.3, 0.4) is 0 Å². The summed E-state index contributed by atoms with van der Waals surface area (Å²) >= 11 is 0. The van der Waals surface area contributed by atoms with E-state index in [2.05, 4.69) is 10.6 Å². The predicted molar refractivity (Wildman–Crippen MR) is 71.7 cm³/mol. The molecule has 0 saturated carbocycles. The topological polar surface area (TPSA) is 61.4 Å². The molecule has 2 aliphatic heterocycles. The van der Waals surface area contributed by atoms with Gasteiger partial charge in [-0.25, -0.2) is 0 Å². The molecule has 1 atom stereocenters. The van der Waals surface area contributed by atoms with E-state index in [0.717, 1.165) is 24.3 Å². The van der Waals surface area contributed by atoms with E-state index in [-0.39, 0.29) is 17.9 Å². The monoisotopic (exact) mass is 259 g/mol. The number of carbonyl (C=O) groups excluding carboxylic acids is 2. The number of anilines is 1. The van der Waals surface area contributed by atoms with Crippen LogP contribution in [-0.2, 0) is 16.1 Å². The van der Waals surface area contributed by atoms with Crippen LogP contribution in [0.5, 0.6) is 0 Å². The summed E-state index contributed by atoms with van der Waals surface area (Å²) in [6, 6.07) is 7.56. The Hall–Kier alpha value is -1.88. The molecule has 19 heavy (non-hydrogen) atoms. The van der Waals surface area contributed by atoms with Gasteiger partial charge in [-0.2, -0.15) is 0 Å². The van der Waals surface area contributed by atoms with Gasteiger partial charge in [0, 0.05) is 31.7 Å². The average molecular weight is 259 g/mol. The average Bonchev–Trinajstić information content (AvgIpc) is 2.74. The fourth-order valence-corrected chi connectivity index (χ4v) is 2.67. The first-order valence-electron chi connectivity index (χ1n) is 6.65. The van der Waals surface area contributed by atoms with E-state index in [0.29, 0.717) is 19.4 Å². The molecule has 0 aliphatic carbocycles. The van der Waals surface area contributed by atoms with E-state index >= 15 is 0 Å². The number of hydrogen-bond acceptors (Lipinski definition) is 3. The summed E-state index contributed by atoms with van der Waals surface area (Å²) in [6.07, 6.45) is 1.05. The van der Waals surface area contributed by atoms with Crippen molar-refractivity contribution in [3.05, 3.63) is 29.8 Å². The number of amides is 2. The number of hydrogen-bond donors (Lipinski definition) is 2. The van der Waals surface area contributed by atoms with Crippen LogP contribution < -0.4 is 15.5 Å². The summed E-state index contributed by atoms with van der Waals surface area (Å²) in [5, 5.41) is 6.06. The van der Waals surface area contributed by atoms with Crippen LogP contribution in [0.25, 0.3) is 0 Å². The van der Waals surface area contributed by atoms with Gasteiger partial charge in [0.25, 0.3) is 0 Å². The van der Waals surface area contributed by atoms with E-state index in [1.807, 2.05) is 24.3 Å². The first kappa shape index (κ1) is 12.2. The molecule has 5 heteroatoms. The van der Waals surface area contributed by atoms with Crippen molar-refractivity contribution in [3.8, 4) is 0 Å². The number of benzene rings is 1. The third-order valence-electron chi connectivity index (χ3n) is 3.67. The summed E-state index contributed by atoms with van der Waals surface area (Å²) in [7, 11) is 0. The number of fused-ring (bicyclic) bond motifs is 1. The van der Waals surface area contributed by atoms with Gasteiger partial charge in [0.15, 0.2) is 0 Å². The highest BCUT2D eigenvalue weighted by atomic mass is 16.2. The Bertz CT molecular complexity index is 515. The maximum Gasteiger partial charge on any atom is 0.249 e. The highest BCUT2D eigenvalue weighted by Gasteiger charge is 2.32. The molecule has 5 nitrogen and oxygen atoms in total. The van der Waals surface area contributed by atoms with Crippen LogP contribution in [0.4, 0.5) is 5.69 Å². The molecule has 3 rings (SSSR count). The van der Waals surface area contributed by atoms with Crippen molar-refractivity contribution in [1.82, 2.24) is 10.6 Å². The van der Waals surface area contributed by atoms with Crippen LogP contribution in [0.1, 0.15) is 18.4 Å². The van der Waals surface area contributed by atoms with Gasteiger partial charge in [0.2, 0.25) is 11.8 Å². The lowest BCUT2D eigenvalue weighted by Crippen LogP contribution is -2.46. The van der Waals surface area contributed by atoms with Crippen molar-refractivity contribution in [3.63, 3.8) is 0 Å². The summed E-state index contributed by atoms with van der Waals surface area (Å²) in [6.45, 7) is 2.18. The largest absolute Gasteiger partial charge is 0.344 e. The molecule has 0 radical (unpaired) electrons. The molecule has 2 aliphatic rings. The molecular formula is C14H17N3O2. The zero-order chi connectivity index (χ0) is 13.2. The fraction of sp³-hybridized carbons (Fsp3) is 0.429. The maximum atomic E-state index is 12.5. The molecule has 1 aromatic carbocycles. The van der Waals surface area contributed by atoms with Crippen molar-refractivity contribution in [1.29, 1.82) is 0 Å². The lowest BCUT2D eigenvalue weighted by atomic mass is 10.1. The zero-order valence-electron chi connectivity index (χ0n) is 10.7. The Labute approximate surface area is 112 Å². The van der Waals surface area contributed by atoms with Crippen LogP contribution >= 0.6 is 0 Å².